The smallest absolute Gasteiger partial charge is 0.244 e. The van der Waals surface area contributed by atoms with Gasteiger partial charge in [0.1, 0.15) is 0 Å². The van der Waals surface area contributed by atoms with Crippen LogP contribution < -0.4 is 0 Å². The van der Waals surface area contributed by atoms with Crippen molar-refractivity contribution in [2.75, 3.05) is 0 Å². The van der Waals surface area contributed by atoms with Gasteiger partial charge in [0.2, 0.25) is 10.0 Å². The number of aliphatic hydroxyl groups is 1. The van der Waals surface area contributed by atoms with E-state index in [9.17, 15) is 13.5 Å². The highest BCUT2D eigenvalue weighted by atomic mass is 32.2. The average molecular weight is 359 g/mol. The van der Waals surface area contributed by atoms with Crippen molar-refractivity contribution in [2.45, 2.75) is 56.2 Å². The van der Waals surface area contributed by atoms with Gasteiger partial charge in [-0.25, -0.2) is 8.42 Å². The van der Waals surface area contributed by atoms with E-state index in [-0.39, 0.29) is 17.0 Å². The Hall–Kier alpha value is -1.69. The Kier molecular flexibility index (Phi) is 5.27. The van der Waals surface area contributed by atoms with Gasteiger partial charge in [-0.1, -0.05) is 67.8 Å². The van der Waals surface area contributed by atoms with E-state index in [4.69, 9.17) is 0 Å². The first-order valence-corrected chi connectivity index (χ1v) is 10.2. The van der Waals surface area contributed by atoms with Gasteiger partial charge in [-0.15, -0.1) is 0 Å². The van der Waals surface area contributed by atoms with Crippen LogP contribution in [-0.4, -0.2) is 30.0 Å². The van der Waals surface area contributed by atoms with Gasteiger partial charge < -0.3 is 5.11 Å². The molecule has 4 nitrogen and oxygen atoms in total. The van der Waals surface area contributed by atoms with Gasteiger partial charge in [-0.3, -0.25) is 0 Å². The van der Waals surface area contributed by atoms with Gasteiger partial charge in [0.25, 0.3) is 0 Å². The maximum Gasteiger partial charge on any atom is 0.244 e. The lowest BCUT2D eigenvalue weighted by Gasteiger charge is -2.10. The first-order chi connectivity index (χ1) is 12.0. The van der Waals surface area contributed by atoms with Crippen molar-refractivity contribution >= 4 is 10.0 Å². The lowest BCUT2D eigenvalue weighted by Crippen LogP contribution is -2.23. The van der Waals surface area contributed by atoms with E-state index in [1.165, 1.54) is 4.31 Å². The molecule has 2 aromatic carbocycles. The molecule has 0 spiro atoms. The molecule has 1 saturated heterocycles. The van der Waals surface area contributed by atoms with Gasteiger partial charge >= 0.3 is 0 Å². The fourth-order valence-electron chi connectivity index (χ4n) is 3.33. The number of rotatable bonds is 7. The van der Waals surface area contributed by atoms with Crippen LogP contribution in [0, 0.1) is 6.92 Å². The Morgan fingerprint density at radius 2 is 1.72 bits per heavy atom. The number of nitrogens with zero attached hydrogens (tertiary/aromatic N) is 1. The lowest BCUT2D eigenvalue weighted by molar-refractivity contribution is 0.150. The molecule has 0 bridgehead atoms. The summed E-state index contributed by atoms with van der Waals surface area (Å²) in [6.07, 6.45) is 1.83. The van der Waals surface area contributed by atoms with Gasteiger partial charge in [-0.05, 0) is 31.0 Å². The number of aryl methyl sites for hydroxylation is 1. The first kappa shape index (κ1) is 18.1. The Balaban J connectivity index is 1.92. The maximum atomic E-state index is 13.1. The highest BCUT2D eigenvalue weighted by Crippen LogP contribution is 2.49. The number of aliphatic hydroxyl groups excluding tert-OH is 1. The van der Waals surface area contributed by atoms with Crippen LogP contribution in [0.1, 0.15) is 43.4 Å². The summed E-state index contributed by atoms with van der Waals surface area (Å²) in [6, 6.07) is 15.8. The molecule has 3 rings (SSSR count). The van der Waals surface area contributed by atoms with Crippen LogP contribution in [0.25, 0.3) is 0 Å². The summed E-state index contributed by atoms with van der Waals surface area (Å²) >= 11 is 0. The predicted octanol–water partition coefficient (Wildman–Crippen LogP) is 3.66. The third-order valence-electron chi connectivity index (χ3n) is 4.79. The molecule has 5 heteroatoms. The predicted molar refractivity (Wildman–Crippen MR) is 98.7 cm³/mol. The first-order valence-electron chi connectivity index (χ1n) is 8.80. The molecule has 0 amide bonds. The summed E-state index contributed by atoms with van der Waals surface area (Å²) in [5.41, 5.74) is 1.95. The molecule has 0 saturated carbocycles. The second-order valence-corrected chi connectivity index (χ2v) is 8.55. The summed E-state index contributed by atoms with van der Waals surface area (Å²) in [5.74, 6) is 0. The van der Waals surface area contributed by atoms with Gasteiger partial charge in [0, 0.05) is 0 Å². The second kappa shape index (κ2) is 7.28. The van der Waals surface area contributed by atoms with Crippen LogP contribution in [0.4, 0.5) is 0 Å². The zero-order valence-corrected chi connectivity index (χ0v) is 15.5. The Labute approximate surface area is 150 Å². The van der Waals surface area contributed by atoms with Crippen LogP contribution >= 0.6 is 0 Å². The summed E-state index contributed by atoms with van der Waals surface area (Å²) < 4.78 is 27.7. The van der Waals surface area contributed by atoms with Gasteiger partial charge in [-0.2, -0.15) is 4.31 Å². The molecular weight excluding hydrogens is 334 g/mol. The van der Waals surface area contributed by atoms with Crippen molar-refractivity contribution in [3.8, 4) is 0 Å². The van der Waals surface area contributed by atoms with Crippen LogP contribution in [0.5, 0.6) is 0 Å². The van der Waals surface area contributed by atoms with E-state index < -0.39 is 16.1 Å². The Morgan fingerprint density at radius 1 is 1.08 bits per heavy atom. The lowest BCUT2D eigenvalue weighted by atomic mass is 10.0. The summed E-state index contributed by atoms with van der Waals surface area (Å²) in [5, 5.41) is 10.6. The van der Waals surface area contributed by atoms with E-state index in [1.54, 1.807) is 24.3 Å². The maximum absolute atomic E-state index is 13.1. The quantitative estimate of drug-likeness (QED) is 0.768. The molecule has 1 aliphatic rings. The summed E-state index contributed by atoms with van der Waals surface area (Å²) in [6.45, 7) is 3.99. The second-order valence-electron chi connectivity index (χ2n) is 6.70. The highest BCUT2D eigenvalue weighted by molar-refractivity contribution is 7.89. The van der Waals surface area contributed by atoms with Crippen molar-refractivity contribution in [2.24, 2.45) is 0 Å². The molecule has 1 unspecified atom stereocenters. The molecular formula is C20H25NO3S. The van der Waals surface area contributed by atoms with Crippen LogP contribution in [0.2, 0.25) is 0 Å². The minimum absolute atomic E-state index is 0.282. The molecule has 2 aromatic rings. The van der Waals surface area contributed by atoms with Crippen molar-refractivity contribution in [3.63, 3.8) is 0 Å². The zero-order chi connectivity index (χ0) is 18.0. The Bertz CT molecular complexity index is 803. The van der Waals surface area contributed by atoms with Gasteiger partial charge in [0.15, 0.2) is 0 Å². The van der Waals surface area contributed by atoms with E-state index in [2.05, 4.69) is 6.92 Å². The molecule has 0 radical (unpaired) electrons. The molecule has 1 aliphatic heterocycles. The van der Waals surface area contributed by atoms with Crippen molar-refractivity contribution in [1.29, 1.82) is 0 Å². The van der Waals surface area contributed by atoms with E-state index >= 15 is 0 Å². The van der Waals surface area contributed by atoms with Crippen molar-refractivity contribution < 1.29 is 13.5 Å². The largest absolute Gasteiger partial charge is 0.391 e. The molecule has 0 aromatic heterocycles. The van der Waals surface area contributed by atoms with E-state index in [0.717, 1.165) is 24.0 Å². The molecule has 134 valence electrons. The number of hydrogen-bond donors (Lipinski definition) is 1. The molecule has 4 atom stereocenters. The topological polar surface area (TPSA) is 57.4 Å². The van der Waals surface area contributed by atoms with Crippen LogP contribution in [-0.2, 0) is 10.0 Å². The zero-order valence-electron chi connectivity index (χ0n) is 14.7. The SMILES string of the molecule is CCCC[C@@H](O)[C@H]1[C@@H](c2ccccc2)N1S(=O)(=O)c1ccc(C)cc1. The third kappa shape index (κ3) is 3.64. The van der Waals surface area contributed by atoms with Gasteiger partial charge in [0.05, 0.1) is 23.1 Å². The Morgan fingerprint density at radius 3 is 2.32 bits per heavy atom. The van der Waals surface area contributed by atoms with Crippen molar-refractivity contribution in [1.82, 2.24) is 4.31 Å². The third-order valence-corrected chi connectivity index (χ3v) is 6.68. The van der Waals surface area contributed by atoms with Crippen molar-refractivity contribution in [3.05, 3.63) is 65.7 Å². The number of benzene rings is 2. The average Bonchev–Trinajstić information content (AvgIpc) is 3.37. The highest BCUT2D eigenvalue weighted by Gasteiger charge is 2.59. The molecule has 25 heavy (non-hydrogen) atoms. The number of sulfonamides is 1. The molecule has 1 heterocycles. The minimum Gasteiger partial charge on any atom is -0.391 e. The monoisotopic (exact) mass is 359 g/mol. The normalized spacial score (nSPS) is 24.0. The van der Waals surface area contributed by atoms with E-state index in [1.807, 2.05) is 37.3 Å². The fourth-order valence-corrected chi connectivity index (χ4v) is 5.12. The fraction of sp³-hybridized carbons (Fsp3) is 0.400. The standard InChI is InChI=1S/C20H25NO3S/c1-3-4-10-18(22)20-19(16-8-6-5-7-9-16)21(20)25(23,24)17-13-11-15(2)12-14-17/h5-9,11-14,18-20,22H,3-4,10H2,1-2H3/t18-,19-,20+,21?/m1/s1. The molecule has 1 N–H and O–H groups in total. The number of hydrogen-bond acceptors (Lipinski definition) is 3. The summed E-state index contributed by atoms with van der Waals surface area (Å²) in [4.78, 5) is 0.282. The molecule has 0 aliphatic carbocycles. The van der Waals surface area contributed by atoms with Crippen LogP contribution in [0.3, 0.4) is 0 Å². The van der Waals surface area contributed by atoms with Crippen LogP contribution in [0.15, 0.2) is 59.5 Å². The molecule has 1 fully saturated rings. The number of unbranched alkanes of at least 4 members (excludes halogenated alkanes) is 1. The summed E-state index contributed by atoms with van der Waals surface area (Å²) in [7, 11) is -3.63. The van der Waals surface area contributed by atoms with E-state index in [0.29, 0.717) is 6.42 Å². The minimum atomic E-state index is -3.63.